The van der Waals surface area contributed by atoms with Crippen LogP contribution in [0.5, 0.6) is 0 Å². The van der Waals surface area contributed by atoms with Crippen molar-refractivity contribution in [3.63, 3.8) is 0 Å². The van der Waals surface area contributed by atoms with Gasteiger partial charge in [0.2, 0.25) is 0 Å². The minimum absolute atomic E-state index is 0.0252. The summed E-state index contributed by atoms with van der Waals surface area (Å²) in [4.78, 5) is 14.3. The van der Waals surface area contributed by atoms with Crippen molar-refractivity contribution >= 4 is 34.9 Å². The Morgan fingerprint density at radius 3 is 2.73 bits per heavy atom. The number of anilines is 1. The lowest BCUT2D eigenvalue weighted by atomic mass is 10.3. The molecule has 0 bridgehead atoms. The highest BCUT2D eigenvalue weighted by Gasteiger charge is 2.15. The lowest BCUT2D eigenvalue weighted by Crippen LogP contribution is -2.09. The van der Waals surface area contributed by atoms with E-state index in [1.165, 1.54) is 6.07 Å². The van der Waals surface area contributed by atoms with Gasteiger partial charge in [-0.05, 0) is 0 Å². The summed E-state index contributed by atoms with van der Waals surface area (Å²) in [6, 6.07) is 1.39. The molecular formula is C8H8Cl2N2O3. The molecule has 0 saturated carbocycles. The van der Waals surface area contributed by atoms with Crippen LogP contribution in [-0.4, -0.2) is 34.3 Å². The zero-order chi connectivity index (χ0) is 11.4. The summed E-state index contributed by atoms with van der Waals surface area (Å²) in [7, 11) is 0. The first-order valence-electron chi connectivity index (χ1n) is 4.00. The maximum Gasteiger partial charge on any atom is 0.356 e. The zero-order valence-electron chi connectivity index (χ0n) is 7.50. The summed E-state index contributed by atoms with van der Waals surface area (Å²) in [6.45, 7) is 0.151. The molecule has 1 rings (SSSR count). The molecule has 5 nitrogen and oxygen atoms in total. The number of carboxylic acids is 1. The van der Waals surface area contributed by atoms with Gasteiger partial charge in [0, 0.05) is 12.6 Å². The molecule has 82 valence electrons. The van der Waals surface area contributed by atoms with E-state index in [0.29, 0.717) is 5.69 Å². The fraction of sp³-hybridized carbons (Fsp3) is 0.250. The molecule has 0 aliphatic rings. The molecule has 0 aliphatic carbocycles. The van der Waals surface area contributed by atoms with E-state index in [9.17, 15) is 4.79 Å². The van der Waals surface area contributed by atoms with Gasteiger partial charge >= 0.3 is 5.97 Å². The number of carboxylic acid groups (broad SMARTS) is 1. The van der Waals surface area contributed by atoms with Crippen molar-refractivity contribution < 1.29 is 15.0 Å². The third kappa shape index (κ3) is 2.95. The van der Waals surface area contributed by atoms with Crippen molar-refractivity contribution in [1.29, 1.82) is 0 Å². The predicted molar refractivity (Wildman–Crippen MR) is 56.8 cm³/mol. The number of aliphatic hydroxyl groups is 1. The Morgan fingerprint density at radius 1 is 1.53 bits per heavy atom. The third-order valence-corrected chi connectivity index (χ3v) is 2.13. The van der Waals surface area contributed by atoms with Crippen LogP contribution in [0.4, 0.5) is 5.69 Å². The number of nitrogens with one attached hydrogen (secondary N) is 1. The van der Waals surface area contributed by atoms with Crippen molar-refractivity contribution in [2.45, 2.75) is 0 Å². The maximum absolute atomic E-state index is 10.7. The minimum atomic E-state index is -1.26. The van der Waals surface area contributed by atoms with Crippen LogP contribution in [0.15, 0.2) is 6.07 Å². The Balaban J connectivity index is 3.10. The zero-order valence-corrected chi connectivity index (χ0v) is 9.01. The fourth-order valence-electron chi connectivity index (χ4n) is 0.959. The second-order valence-electron chi connectivity index (χ2n) is 2.61. The van der Waals surface area contributed by atoms with E-state index in [1.54, 1.807) is 0 Å². The number of aliphatic hydroxyl groups excluding tert-OH is 1. The lowest BCUT2D eigenvalue weighted by molar-refractivity contribution is 0.0691. The standard InChI is InChI=1S/C8H8Cl2N2O3/c9-5-3-4(11-1-2-13)6(10)7(12-5)8(14)15/h3,13H,1-2H2,(H,11,12)(H,14,15). The molecule has 0 fully saturated rings. The summed E-state index contributed by atoms with van der Waals surface area (Å²) in [5.74, 6) is -1.26. The summed E-state index contributed by atoms with van der Waals surface area (Å²) in [6.07, 6.45) is 0. The van der Waals surface area contributed by atoms with Gasteiger partial charge in [-0.15, -0.1) is 0 Å². The molecule has 15 heavy (non-hydrogen) atoms. The number of aromatic nitrogens is 1. The quantitative estimate of drug-likeness (QED) is 0.706. The molecule has 7 heteroatoms. The molecule has 0 atom stereocenters. The van der Waals surface area contributed by atoms with E-state index in [4.69, 9.17) is 33.4 Å². The van der Waals surface area contributed by atoms with Crippen molar-refractivity contribution in [3.8, 4) is 0 Å². The second kappa shape index (κ2) is 5.16. The average molecular weight is 251 g/mol. The van der Waals surface area contributed by atoms with Crippen LogP contribution in [0.1, 0.15) is 10.5 Å². The van der Waals surface area contributed by atoms with Gasteiger partial charge in [-0.25, -0.2) is 9.78 Å². The van der Waals surface area contributed by atoms with E-state index in [2.05, 4.69) is 10.3 Å². The number of rotatable bonds is 4. The monoisotopic (exact) mass is 250 g/mol. The smallest absolute Gasteiger partial charge is 0.356 e. The van der Waals surface area contributed by atoms with Crippen LogP contribution in [0.25, 0.3) is 0 Å². The number of pyridine rings is 1. The van der Waals surface area contributed by atoms with Crippen molar-refractivity contribution in [1.82, 2.24) is 4.98 Å². The van der Waals surface area contributed by atoms with Crippen molar-refractivity contribution in [3.05, 3.63) is 21.9 Å². The molecule has 0 aromatic carbocycles. The first-order valence-corrected chi connectivity index (χ1v) is 4.76. The first kappa shape index (κ1) is 12.0. The Hall–Kier alpha value is -1.04. The normalized spacial score (nSPS) is 10.1. The van der Waals surface area contributed by atoms with Crippen LogP contribution in [0, 0.1) is 0 Å². The van der Waals surface area contributed by atoms with Crippen LogP contribution in [0.3, 0.4) is 0 Å². The van der Waals surface area contributed by atoms with Crippen molar-refractivity contribution in [2.24, 2.45) is 0 Å². The second-order valence-corrected chi connectivity index (χ2v) is 3.38. The molecule has 0 saturated heterocycles. The van der Waals surface area contributed by atoms with Gasteiger partial charge in [-0.3, -0.25) is 0 Å². The Bertz CT molecular complexity index is 384. The molecule has 1 heterocycles. The molecular weight excluding hydrogens is 243 g/mol. The molecule has 0 unspecified atom stereocenters. The molecule has 1 aromatic heterocycles. The summed E-state index contributed by atoms with van der Waals surface area (Å²) in [5.41, 5.74) is 0.0210. The van der Waals surface area contributed by atoms with Gasteiger partial charge in [0.25, 0.3) is 0 Å². The summed E-state index contributed by atoms with van der Waals surface area (Å²) < 4.78 is 0. The topological polar surface area (TPSA) is 82.5 Å². The maximum atomic E-state index is 10.7. The number of halogens is 2. The van der Waals surface area contributed by atoms with Gasteiger partial charge < -0.3 is 15.5 Å². The van der Waals surface area contributed by atoms with Crippen LogP contribution in [0.2, 0.25) is 10.2 Å². The summed E-state index contributed by atoms with van der Waals surface area (Å²) >= 11 is 11.4. The Labute approximate surface area is 95.7 Å². The van der Waals surface area contributed by atoms with Crippen molar-refractivity contribution in [2.75, 3.05) is 18.5 Å². The highest BCUT2D eigenvalue weighted by Crippen LogP contribution is 2.27. The Kier molecular flexibility index (Phi) is 4.14. The highest BCUT2D eigenvalue weighted by molar-refractivity contribution is 6.37. The Morgan fingerprint density at radius 2 is 2.20 bits per heavy atom. The van der Waals surface area contributed by atoms with Crippen LogP contribution >= 0.6 is 23.2 Å². The van der Waals surface area contributed by atoms with Crippen LogP contribution in [-0.2, 0) is 0 Å². The largest absolute Gasteiger partial charge is 0.476 e. The average Bonchev–Trinajstić information content (AvgIpc) is 2.18. The van der Waals surface area contributed by atoms with Gasteiger partial charge in [0.15, 0.2) is 5.69 Å². The third-order valence-electron chi connectivity index (χ3n) is 1.56. The molecule has 0 aliphatic heterocycles. The van der Waals surface area contributed by atoms with Gasteiger partial charge in [0.05, 0.1) is 17.3 Å². The fourth-order valence-corrected chi connectivity index (χ4v) is 1.40. The molecule has 0 spiro atoms. The minimum Gasteiger partial charge on any atom is -0.476 e. The van der Waals surface area contributed by atoms with Gasteiger partial charge in [-0.2, -0.15) is 0 Å². The lowest BCUT2D eigenvalue weighted by Gasteiger charge is -2.08. The van der Waals surface area contributed by atoms with E-state index in [0.717, 1.165) is 0 Å². The molecule has 3 N–H and O–H groups in total. The van der Waals surface area contributed by atoms with Gasteiger partial charge in [0.1, 0.15) is 5.15 Å². The number of nitrogens with zero attached hydrogens (tertiary/aromatic N) is 1. The first-order chi connectivity index (χ1) is 7.06. The number of carbonyl (C=O) groups is 1. The number of aromatic carboxylic acids is 1. The van der Waals surface area contributed by atoms with Crippen LogP contribution < -0.4 is 5.32 Å². The van der Waals surface area contributed by atoms with E-state index in [1.807, 2.05) is 0 Å². The van der Waals surface area contributed by atoms with E-state index in [-0.39, 0.29) is 29.0 Å². The number of hydrogen-bond acceptors (Lipinski definition) is 4. The van der Waals surface area contributed by atoms with Gasteiger partial charge in [-0.1, -0.05) is 23.2 Å². The summed E-state index contributed by atoms with van der Waals surface area (Å²) in [5, 5.41) is 20.1. The molecule has 0 radical (unpaired) electrons. The SMILES string of the molecule is O=C(O)c1nc(Cl)cc(NCCO)c1Cl. The molecule has 0 amide bonds. The van der Waals surface area contributed by atoms with E-state index >= 15 is 0 Å². The molecule has 1 aromatic rings. The number of hydrogen-bond donors (Lipinski definition) is 3. The highest BCUT2D eigenvalue weighted by atomic mass is 35.5. The van der Waals surface area contributed by atoms with E-state index < -0.39 is 5.97 Å². The predicted octanol–water partition coefficient (Wildman–Crippen LogP) is 1.49.